The molecule has 15 heavy (non-hydrogen) atoms. The van der Waals surface area contributed by atoms with Gasteiger partial charge in [0.1, 0.15) is 11.5 Å². The summed E-state index contributed by atoms with van der Waals surface area (Å²) in [6.45, 7) is 11.6. The summed E-state index contributed by atoms with van der Waals surface area (Å²) >= 11 is 0. The van der Waals surface area contributed by atoms with E-state index in [2.05, 4.69) is 24.1 Å². The molecule has 0 amide bonds. The number of rotatable bonds is 7. The molecule has 0 aliphatic carbocycles. The molecule has 0 bridgehead atoms. The van der Waals surface area contributed by atoms with Gasteiger partial charge >= 0.3 is 0 Å². The molecule has 1 heterocycles. The lowest BCUT2D eigenvalue weighted by Crippen LogP contribution is -2.31. The van der Waals surface area contributed by atoms with E-state index in [1.165, 1.54) is 0 Å². The molecule has 1 aromatic rings. The van der Waals surface area contributed by atoms with Crippen molar-refractivity contribution in [1.82, 2.24) is 10.2 Å². The fraction of sp³-hybridized carbons (Fsp3) is 0.667. The summed E-state index contributed by atoms with van der Waals surface area (Å²) < 4.78 is 5.47. The first-order chi connectivity index (χ1) is 7.26. The third-order valence-electron chi connectivity index (χ3n) is 2.59. The number of furan rings is 1. The minimum absolute atomic E-state index is 0.828. The van der Waals surface area contributed by atoms with Gasteiger partial charge in [0.05, 0.1) is 6.54 Å². The molecule has 0 saturated heterocycles. The first-order valence-electron chi connectivity index (χ1n) is 5.74. The molecule has 1 aromatic heterocycles. The second-order valence-corrected chi connectivity index (χ2v) is 3.72. The Morgan fingerprint density at radius 3 is 2.53 bits per heavy atom. The molecule has 1 rings (SSSR count). The van der Waals surface area contributed by atoms with E-state index < -0.39 is 0 Å². The van der Waals surface area contributed by atoms with E-state index in [0.717, 1.165) is 44.2 Å². The fourth-order valence-electron chi connectivity index (χ4n) is 1.57. The maximum absolute atomic E-state index is 5.47. The van der Waals surface area contributed by atoms with E-state index in [9.17, 15) is 0 Å². The highest BCUT2D eigenvalue weighted by molar-refractivity contribution is 5.04. The topological polar surface area (TPSA) is 28.4 Å². The smallest absolute Gasteiger partial charge is 0.117 e. The van der Waals surface area contributed by atoms with E-state index in [-0.39, 0.29) is 0 Å². The lowest BCUT2D eigenvalue weighted by molar-refractivity contribution is 0.300. The van der Waals surface area contributed by atoms with Crippen molar-refractivity contribution in [1.29, 1.82) is 0 Å². The minimum Gasteiger partial charge on any atom is -0.465 e. The molecule has 0 aliphatic heterocycles. The van der Waals surface area contributed by atoms with Crippen molar-refractivity contribution < 1.29 is 4.42 Å². The lowest BCUT2D eigenvalue weighted by Gasteiger charge is -2.17. The van der Waals surface area contributed by atoms with Crippen molar-refractivity contribution in [2.75, 3.05) is 26.2 Å². The Labute approximate surface area is 92.5 Å². The summed E-state index contributed by atoms with van der Waals surface area (Å²) in [5.74, 6) is 2.00. The zero-order valence-corrected chi connectivity index (χ0v) is 10.0. The number of nitrogens with zero attached hydrogens (tertiary/aromatic N) is 1. The molecule has 0 spiro atoms. The Kier molecular flexibility index (Phi) is 5.43. The van der Waals surface area contributed by atoms with Crippen LogP contribution >= 0.6 is 0 Å². The number of hydrogen-bond donors (Lipinski definition) is 1. The van der Waals surface area contributed by atoms with Crippen molar-refractivity contribution in [3.05, 3.63) is 23.7 Å². The van der Waals surface area contributed by atoms with Crippen LogP contribution in [0.3, 0.4) is 0 Å². The number of likely N-dealkylation sites (N-methyl/N-ethyl adjacent to an activating group) is 1. The summed E-state index contributed by atoms with van der Waals surface area (Å²) in [4.78, 5) is 2.40. The van der Waals surface area contributed by atoms with Gasteiger partial charge in [-0.3, -0.25) is 0 Å². The van der Waals surface area contributed by atoms with Crippen LogP contribution in [0.25, 0.3) is 0 Å². The molecule has 0 radical (unpaired) electrons. The monoisotopic (exact) mass is 210 g/mol. The van der Waals surface area contributed by atoms with Crippen LogP contribution < -0.4 is 5.32 Å². The highest BCUT2D eigenvalue weighted by Crippen LogP contribution is 2.04. The zero-order valence-electron chi connectivity index (χ0n) is 10.0. The first-order valence-corrected chi connectivity index (χ1v) is 5.74. The van der Waals surface area contributed by atoms with E-state index in [1.807, 2.05) is 19.1 Å². The highest BCUT2D eigenvalue weighted by atomic mass is 16.3. The summed E-state index contributed by atoms with van der Waals surface area (Å²) in [5.41, 5.74) is 0. The predicted molar refractivity (Wildman–Crippen MR) is 62.9 cm³/mol. The summed E-state index contributed by atoms with van der Waals surface area (Å²) in [7, 11) is 0. The summed E-state index contributed by atoms with van der Waals surface area (Å²) in [6, 6.07) is 4.03. The third-order valence-corrected chi connectivity index (χ3v) is 2.59. The summed E-state index contributed by atoms with van der Waals surface area (Å²) in [5, 5.41) is 3.38. The van der Waals surface area contributed by atoms with Gasteiger partial charge < -0.3 is 14.6 Å². The molecular formula is C12H22N2O. The molecule has 0 unspecified atom stereocenters. The van der Waals surface area contributed by atoms with Crippen LogP contribution in [0, 0.1) is 6.92 Å². The van der Waals surface area contributed by atoms with Gasteiger partial charge in [-0.15, -0.1) is 0 Å². The molecule has 3 nitrogen and oxygen atoms in total. The second kappa shape index (κ2) is 6.64. The van der Waals surface area contributed by atoms with Gasteiger partial charge in [-0.25, -0.2) is 0 Å². The van der Waals surface area contributed by atoms with Crippen LogP contribution in [0.15, 0.2) is 16.5 Å². The van der Waals surface area contributed by atoms with Crippen molar-refractivity contribution >= 4 is 0 Å². The number of nitrogens with one attached hydrogen (secondary N) is 1. The number of hydrogen-bond acceptors (Lipinski definition) is 3. The van der Waals surface area contributed by atoms with Gasteiger partial charge in [0.15, 0.2) is 0 Å². The van der Waals surface area contributed by atoms with Crippen molar-refractivity contribution in [3.63, 3.8) is 0 Å². The van der Waals surface area contributed by atoms with Crippen LogP contribution in [0.1, 0.15) is 25.4 Å². The minimum atomic E-state index is 0.828. The summed E-state index contributed by atoms with van der Waals surface area (Å²) in [6.07, 6.45) is 0. The average molecular weight is 210 g/mol. The van der Waals surface area contributed by atoms with Crippen LogP contribution in [0.2, 0.25) is 0 Å². The lowest BCUT2D eigenvalue weighted by atomic mass is 10.4. The van der Waals surface area contributed by atoms with Gasteiger partial charge in [-0.1, -0.05) is 13.8 Å². The SMILES string of the molecule is CCN(CC)CCNCc1ccc(C)o1. The second-order valence-electron chi connectivity index (χ2n) is 3.72. The number of aryl methyl sites for hydroxylation is 1. The maximum atomic E-state index is 5.47. The normalized spacial score (nSPS) is 11.2. The van der Waals surface area contributed by atoms with Crippen molar-refractivity contribution in [2.45, 2.75) is 27.3 Å². The first kappa shape index (κ1) is 12.3. The van der Waals surface area contributed by atoms with Crippen molar-refractivity contribution in [3.8, 4) is 0 Å². The Hall–Kier alpha value is -0.800. The van der Waals surface area contributed by atoms with Crippen LogP contribution in [0.5, 0.6) is 0 Å². The fourth-order valence-corrected chi connectivity index (χ4v) is 1.57. The Balaban J connectivity index is 2.11. The van der Waals surface area contributed by atoms with Gasteiger partial charge in [0, 0.05) is 13.1 Å². The maximum Gasteiger partial charge on any atom is 0.117 e. The highest BCUT2D eigenvalue weighted by Gasteiger charge is 1.99. The van der Waals surface area contributed by atoms with Crippen LogP contribution in [0.4, 0.5) is 0 Å². The zero-order chi connectivity index (χ0) is 11.1. The average Bonchev–Trinajstić information content (AvgIpc) is 2.65. The van der Waals surface area contributed by atoms with E-state index in [0.29, 0.717) is 0 Å². The predicted octanol–water partition coefficient (Wildman–Crippen LogP) is 2.02. The Bertz CT molecular complexity index is 266. The molecule has 1 N–H and O–H groups in total. The largest absolute Gasteiger partial charge is 0.465 e. The van der Waals surface area contributed by atoms with Gasteiger partial charge in [0.2, 0.25) is 0 Å². The molecule has 0 aromatic carbocycles. The van der Waals surface area contributed by atoms with E-state index in [4.69, 9.17) is 4.42 Å². The molecule has 0 aliphatic rings. The van der Waals surface area contributed by atoms with Gasteiger partial charge in [0.25, 0.3) is 0 Å². The standard InChI is InChI=1S/C12H22N2O/c1-4-14(5-2)9-8-13-10-12-7-6-11(3)15-12/h6-7,13H,4-5,8-10H2,1-3H3. The van der Waals surface area contributed by atoms with Crippen molar-refractivity contribution in [2.24, 2.45) is 0 Å². The van der Waals surface area contributed by atoms with Crippen LogP contribution in [-0.2, 0) is 6.54 Å². The van der Waals surface area contributed by atoms with Gasteiger partial charge in [-0.05, 0) is 32.1 Å². The molecule has 0 fully saturated rings. The van der Waals surface area contributed by atoms with Crippen LogP contribution in [-0.4, -0.2) is 31.1 Å². The molecule has 0 saturated carbocycles. The molecular weight excluding hydrogens is 188 g/mol. The Morgan fingerprint density at radius 1 is 1.27 bits per heavy atom. The molecule has 0 atom stereocenters. The molecule has 3 heteroatoms. The van der Waals surface area contributed by atoms with E-state index >= 15 is 0 Å². The third kappa shape index (κ3) is 4.49. The Morgan fingerprint density at radius 2 is 2.00 bits per heavy atom. The molecule has 86 valence electrons. The van der Waals surface area contributed by atoms with Gasteiger partial charge in [-0.2, -0.15) is 0 Å². The quantitative estimate of drug-likeness (QED) is 0.698. The van der Waals surface area contributed by atoms with E-state index in [1.54, 1.807) is 0 Å².